The highest BCUT2D eigenvalue weighted by Crippen LogP contribution is 2.44. The van der Waals surface area contributed by atoms with Crippen molar-refractivity contribution in [3.63, 3.8) is 0 Å². The number of aliphatic carboxylic acids is 1. The van der Waals surface area contributed by atoms with Crippen molar-refractivity contribution in [3.05, 3.63) is 83.7 Å². The summed E-state index contributed by atoms with van der Waals surface area (Å²) < 4.78 is 5.51. The summed E-state index contributed by atoms with van der Waals surface area (Å²) in [6, 6.07) is 18.2. The Morgan fingerprint density at radius 1 is 1.03 bits per heavy atom. The summed E-state index contributed by atoms with van der Waals surface area (Å²) in [5.41, 5.74) is 4.99. The van der Waals surface area contributed by atoms with Gasteiger partial charge in [-0.3, -0.25) is 10.1 Å². The molecule has 3 aromatic rings. The van der Waals surface area contributed by atoms with Crippen LogP contribution in [0.15, 0.2) is 66.9 Å². The van der Waals surface area contributed by atoms with Crippen molar-refractivity contribution in [1.82, 2.24) is 9.88 Å². The number of nitrogens with zero attached hydrogens (tertiary/aromatic N) is 2. The Morgan fingerprint density at radius 2 is 1.65 bits per heavy atom. The Kier molecular flexibility index (Phi) is 6.58. The van der Waals surface area contributed by atoms with Crippen molar-refractivity contribution >= 4 is 23.7 Å². The van der Waals surface area contributed by atoms with Gasteiger partial charge < -0.3 is 14.7 Å². The molecule has 8 heteroatoms. The summed E-state index contributed by atoms with van der Waals surface area (Å²) in [5, 5.41) is 11.9. The average Bonchev–Trinajstić information content (AvgIpc) is 3.16. The molecule has 2 aromatic carbocycles. The molecule has 1 aromatic heterocycles. The van der Waals surface area contributed by atoms with Gasteiger partial charge in [0.25, 0.3) is 5.91 Å². The molecule has 2 amide bonds. The molecule has 0 radical (unpaired) electrons. The van der Waals surface area contributed by atoms with Gasteiger partial charge in [-0.05, 0) is 40.8 Å². The van der Waals surface area contributed by atoms with Crippen LogP contribution in [0.2, 0.25) is 0 Å². The number of carbonyl (C=O) groups is 3. The first-order valence-corrected chi connectivity index (χ1v) is 11.0. The molecule has 0 bridgehead atoms. The molecule has 8 nitrogen and oxygen atoms in total. The number of carboxylic acid groups (broad SMARTS) is 1. The number of hydrogen-bond donors (Lipinski definition) is 2. The number of pyridine rings is 1. The van der Waals surface area contributed by atoms with E-state index >= 15 is 0 Å². The zero-order valence-electron chi connectivity index (χ0n) is 18.9. The number of aromatic nitrogens is 1. The number of rotatable bonds is 7. The molecule has 0 aliphatic heterocycles. The van der Waals surface area contributed by atoms with E-state index in [-0.39, 0.29) is 24.6 Å². The lowest BCUT2D eigenvalue weighted by molar-refractivity contribution is -0.142. The predicted octanol–water partition coefficient (Wildman–Crippen LogP) is 4.38. The van der Waals surface area contributed by atoms with Crippen LogP contribution < -0.4 is 5.32 Å². The summed E-state index contributed by atoms with van der Waals surface area (Å²) >= 11 is 0. The molecule has 1 atom stereocenters. The standard InChI is InChI=1S/C26H25N3O5/c1-3-23(25(31)32)29(2)24(30)22-13-12-16(14-27-22)28-26(33)34-15-21-19-10-6-4-8-17(19)18-9-5-7-11-20(18)21/h4-14,21,23H,3,15H2,1-2H3,(H,28,33)(H,31,32). The van der Waals surface area contributed by atoms with Gasteiger partial charge >= 0.3 is 12.1 Å². The van der Waals surface area contributed by atoms with E-state index in [2.05, 4.69) is 22.4 Å². The van der Waals surface area contributed by atoms with Crippen molar-refractivity contribution in [2.24, 2.45) is 0 Å². The third kappa shape index (κ3) is 4.47. The molecule has 1 aliphatic carbocycles. The van der Waals surface area contributed by atoms with Crippen LogP contribution in [0, 0.1) is 0 Å². The number of amides is 2. The lowest BCUT2D eigenvalue weighted by atomic mass is 9.98. The number of carbonyl (C=O) groups excluding carboxylic acids is 2. The van der Waals surface area contributed by atoms with Gasteiger partial charge in [0.2, 0.25) is 0 Å². The first-order valence-electron chi connectivity index (χ1n) is 11.0. The number of nitrogens with one attached hydrogen (secondary N) is 1. The Balaban J connectivity index is 1.38. The summed E-state index contributed by atoms with van der Waals surface area (Å²) in [5.74, 6) is -1.64. The Morgan fingerprint density at radius 3 is 2.18 bits per heavy atom. The maximum absolute atomic E-state index is 12.5. The van der Waals surface area contributed by atoms with Gasteiger partial charge in [0, 0.05) is 13.0 Å². The van der Waals surface area contributed by atoms with Gasteiger partial charge in [0.15, 0.2) is 0 Å². The molecule has 2 N–H and O–H groups in total. The quantitative estimate of drug-likeness (QED) is 0.543. The largest absolute Gasteiger partial charge is 0.480 e. The highest BCUT2D eigenvalue weighted by atomic mass is 16.5. The fraction of sp³-hybridized carbons (Fsp3) is 0.231. The molecule has 0 saturated carbocycles. The van der Waals surface area contributed by atoms with E-state index < -0.39 is 24.0 Å². The number of ether oxygens (including phenoxy) is 1. The summed E-state index contributed by atoms with van der Waals surface area (Å²) in [4.78, 5) is 41.5. The predicted molar refractivity (Wildman–Crippen MR) is 127 cm³/mol. The second kappa shape index (κ2) is 9.74. The van der Waals surface area contributed by atoms with Gasteiger partial charge in [-0.1, -0.05) is 55.5 Å². The SMILES string of the molecule is CCC(C(=O)O)N(C)C(=O)c1ccc(NC(=O)OCC2c3ccccc3-c3ccccc32)cn1. The lowest BCUT2D eigenvalue weighted by Gasteiger charge is -2.23. The molecule has 0 spiro atoms. The highest BCUT2D eigenvalue weighted by molar-refractivity contribution is 5.95. The maximum atomic E-state index is 12.5. The van der Waals surface area contributed by atoms with Crippen LogP contribution in [-0.2, 0) is 9.53 Å². The molecule has 1 aliphatic rings. The molecule has 0 saturated heterocycles. The molecule has 174 valence electrons. The first kappa shape index (κ1) is 23.0. The van der Waals surface area contributed by atoms with Crippen molar-refractivity contribution in [2.45, 2.75) is 25.3 Å². The van der Waals surface area contributed by atoms with E-state index in [0.29, 0.717) is 5.69 Å². The smallest absolute Gasteiger partial charge is 0.411 e. The van der Waals surface area contributed by atoms with Gasteiger partial charge in [-0.15, -0.1) is 0 Å². The number of benzene rings is 2. The second-order valence-electron chi connectivity index (χ2n) is 8.06. The van der Waals surface area contributed by atoms with E-state index in [4.69, 9.17) is 4.74 Å². The van der Waals surface area contributed by atoms with Crippen LogP contribution in [0.5, 0.6) is 0 Å². The minimum absolute atomic E-state index is 0.0486. The van der Waals surface area contributed by atoms with Crippen molar-refractivity contribution in [2.75, 3.05) is 19.0 Å². The Hall–Kier alpha value is -4.20. The zero-order valence-corrected chi connectivity index (χ0v) is 18.9. The van der Waals surface area contributed by atoms with Gasteiger partial charge in [-0.2, -0.15) is 0 Å². The van der Waals surface area contributed by atoms with Crippen LogP contribution in [0.4, 0.5) is 10.5 Å². The van der Waals surface area contributed by atoms with Crippen LogP contribution in [0.3, 0.4) is 0 Å². The van der Waals surface area contributed by atoms with Crippen molar-refractivity contribution in [1.29, 1.82) is 0 Å². The van der Waals surface area contributed by atoms with Gasteiger partial charge in [0.05, 0.1) is 11.9 Å². The first-order chi connectivity index (χ1) is 16.4. The van der Waals surface area contributed by atoms with Gasteiger partial charge in [-0.25, -0.2) is 14.6 Å². The van der Waals surface area contributed by atoms with E-state index in [9.17, 15) is 19.5 Å². The normalized spacial score (nSPS) is 12.9. The van der Waals surface area contributed by atoms with Gasteiger partial charge in [0.1, 0.15) is 18.3 Å². The van der Waals surface area contributed by atoms with Crippen molar-refractivity contribution in [3.8, 4) is 11.1 Å². The Bertz CT molecular complexity index is 1180. The van der Waals surface area contributed by atoms with Crippen LogP contribution in [0.1, 0.15) is 40.9 Å². The number of fused-ring (bicyclic) bond motifs is 3. The molecule has 4 rings (SSSR count). The second-order valence-corrected chi connectivity index (χ2v) is 8.06. The zero-order chi connectivity index (χ0) is 24.2. The molecule has 0 fully saturated rings. The maximum Gasteiger partial charge on any atom is 0.411 e. The summed E-state index contributed by atoms with van der Waals surface area (Å²) in [6.45, 7) is 1.87. The average molecular weight is 460 g/mol. The van der Waals surface area contributed by atoms with Crippen LogP contribution in [0.25, 0.3) is 11.1 Å². The topological polar surface area (TPSA) is 109 Å². The molecular weight excluding hydrogens is 434 g/mol. The minimum atomic E-state index is -1.08. The number of hydrogen-bond acceptors (Lipinski definition) is 5. The van der Waals surface area contributed by atoms with Crippen molar-refractivity contribution < 1.29 is 24.2 Å². The third-order valence-electron chi connectivity index (χ3n) is 6.03. The summed E-state index contributed by atoms with van der Waals surface area (Å²) in [6.07, 6.45) is 0.986. The number of anilines is 1. The minimum Gasteiger partial charge on any atom is -0.480 e. The monoisotopic (exact) mass is 459 g/mol. The fourth-order valence-corrected chi connectivity index (χ4v) is 4.28. The highest BCUT2D eigenvalue weighted by Gasteiger charge is 2.29. The molecule has 1 heterocycles. The summed E-state index contributed by atoms with van der Waals surface area (Å²) in [7, 11) is 1.43. The van der Waals surface area contributed by atoms with E-state index in [0.717, 1.165) is 27.2 Å². The molecule has 1 unspecified atom stereocenters. The van der Waals surface area contributed by atoms with Crippen LogP contribution in [-0.4, -0.2) is 52.7 Å². The third-order valence-corrected chi connectivity index (χ3v) is 6.03. The number of carboxylic acids is 1. The number of likely N-dealkylation sites (N-methyl/N-ethyl adjacent to an activating group) is 1. The Labute approximate surface area is 197 Å². The van der Waals surface area contributed by atoms with Crippen LogP contribution >= 0.6 is 0 Å². The van der Waals surface area contributed by atoms with E-state index in [1.807, 2.05) is 36.4 Å². The lowest BCUT2D eigenvalue weighted by Crippen LogP contribution is -2.42. The molecule has 34 heavy (non-hydrogen) atoms. The fourth-order valence-electron chi connectivity index (χ4n) is 4.28. The van der Waals surface area contributed by atoms with E-state index in [1.54, 1.807) is 6.92 Å². The molecular formula is C26H25N3O5. The van der Waals surface area contributed by atoms with E-state index in [1.165, 1.54) is 25.4 Å².